The topological polar surface area (TPSA) is 92.4 Å². The zero-order chi connectivity index (χ0) is 12.8. The van der Waals surface area contributed by atoms with Crippen LogP contribution in [0.15, 0.2) is 18.2 Å². The number of primary amides is 1. The average molecular weight is 240 g/mol. The number of rotatable bonds is 6. The number of nitrogens with one attached hydrogen (secondary N) is 1. The van der Waals surface area contributed by atoms with Gasteiger partial charge >= 0.3 is 5.97 Å². The predicted octanol–water partition coefficient (Wildman–Crippen LogP) is 0.489. The minimum absolute atomic E-state index is 0.0445. The molecule has 0 aliphatic heterocycles. The molecule has 0 atom stereocenters. The predicted molar refractivity (Wildman–Crippen MR) is 58.9 cm³/mol. The summed E-state index contributed by atoms with van der Waals surface area (Å²) >= 11 is 0. The maximum atomic E-state index is 13.3. The first-order valence-corrected chi connectivity index (χ1v) is 5.01. The van der Waals surface area contributed by atoms with Crippen molar-refractivity contribution in [3.05, 3.63) is 35.1 Å². The largest absolute Gasteiger partial charge is 0.481 e. The molecular formula is C11H13FN2O3. The van der Waals surface area contributed by atoms with Crippen LogP contribution in [0.4, 0.5) is 4.39 Å². The molecule has 0 heterocycles. The number of amides is 1. The van der Waals surface area contributed by atoms with Crippen molar-refractivity contribution in [1.82, 2.24) is 5.32 Å². The second-order valence-corrected chi connectivity index (χ2v) is 3.49. The van der Waals surface area contributed by atoms with E-state index >= 15 is 0 Å². The second-order valence-electron chi connectivity index (χ2n) is 3.49. The Labute approximate surface area is 97.4 Å². The lowest BCUT2D eigenvalue weighted by Gasteiger charge is -2.06. The van der Waals surface area contributed by atoms with Crippen LogP contribution in [0.1, 0.15) is 22.3 Å². The normalized spacial score (nSPS) is 10.2. The van der Waals surface area contributed by atoms with Crippen molar-refractivity contribution in [3.8, 4) is 0 Å². The number of carboxylic acids is 1. The second kappa shape index (κ2) is 5.95. The van der Waals surface area contributed by atoms with Gasteiger partial charge in [-0.2, -0.15) is 0 Å². The zero-order valence-electron chi connectivity index (χ0n) is 9.07. The molecule has 0 spiro atoms. The van der Waals surface area contributed by atoms with E-state index in [4.69, 9.17) is 10.8 Å². The number of carbonyl (C=O) groups excluding carboxylic acids is 1. The number of hydrogen-bond donors (Lipinski definition) is 3. The molecule has 5 nitrogen and oxygen atoms in total. The molecule has 1 amide bonds. The van der Waals surface area contributed by atoms with Gasteiger partial charge in [-0.3, -0.25) is 9.59 Å². The van der Waals surface area contributed by atoms with E-state index in [2.05, 4.69) is 5.32 Å². The zero-order valence-corrected chi connectivity index (χ0v) is 9.07. The third-order valence-corrected chi connectivity index (χ3v) is 2.16. The van der Waals surface area contributed by atoms with Gasteiger partial charge in [0, 0.05) is 24.2 Å². The quantitative estimate of drug-likeness (QED) is 0.631. The lowest BCUT2D eigenvalue weighted by molar-refractivity contribution is -0.136. The molecule has 4 N–H and O–H groups in total. The van der Waals surface area contributed by atoms with Gasteiger partial charge in [0.25, 0.3) is 0 Å². The average Bonchev–Trinajstić information content (AvgIpc) is 2.25. The Morgan fingerprint density at radius 1 is 1.41 bits per heavy atom. The Kier molecular flexibility index (Phi) is 4.59. The van der Waals surface area contributed by atoms with Crippen LogP contribution in [0.3, 0.4) is 0 Å². The molecule has 0 aliphatic rings. The van der Waals surface area contributed by atoms with E-state index in [0.717, 1.165) is 6.07 Å². The minimum atomic E-state index is -0.927. The standard InChI is InChI=1S/C11H13FN2O3/c12-9-2-1-7(11(13)17)5-8(9)6-14-4-3-10(15)16/h1-2,5,14H,3-4,6H2,(H2,13,17)(H,15,16). The summed E-state index contributed by atoms with van der Waals surface area (Å²) in [5, 5.41) is 11.2. The third-order valence-electron chi connectivity index (χ3n) is 2.16. The van der Waals surface area contributed by atoms with Crippen molar-refractivity contribution >= 4 is 11.9 Å². The third kappa shape index (κ3) is 4.20. The summed E-state index contributed by atoms with van der Waals surface area (Å²) in [5.74, 6) is -2.02. The number of aliphatic carboxylic acids is 1. The maximum absolute atomic E-state index is 13.3. The fourth-order valence-electron chi connectivity index (χ4n) is 1.28. The summed E-state index contributed by atoms with van der Waals surface area (Å²) in [6.45, 7) is 0.385. The first-order valence-electron chi connectivity index (χ1n) is 5.01. The van der Waals surface area contributed by atoms with E-state index in [1.807, 2.05) is 0 Å². The fourth-order valence-corrected chi connectivity index (χ4v) is 1.28. The molecule has 0 bridgehead atoms. The molecule has 0 unspecified atom stereocenters. The lowest BCUT2D eigenvalue weighted by atomic mass is 10.1. The highest BCUT2D eigenvalue weighted by molar-refractivity contribution is 5.92. The number of benzene rings is 1. The van der Waals surface area contributed by atoms with Gasteiger partial charge < -0.3 is 16.2 Å². The van der Waals surface area contributed by atoms with Crippen LogP contribution < -0.4 is 11.1 Å². The molecule has 0 aromatic heterocycles. The van der Waals surface area contributed by atoms with E-state index < -0.39 is 17.7 Å². The first-order chi connectivity index (χ1) is 8.00. The van der Waals surface area contributed by atoms with Crippen molar-refractivity contribution < 1.29 is 19.1 Å². The molecule has 0 saturated carbocycles. The van der Waals surface area contributed by atoms with E-state index in [9.17, 15) is 14.0 Å². The maximum Gasteiger partial charge on any atom is 0.304 e. The summed E-state index contributed by atoms with van der Waals surface area (Å²) < 4.78 is 13.3. The summed E-state index contributed by atoms with van der Waals surface area (Å²) in [7, 11) is 0. The molecule has 6 heteroatoms. The first kappa shape index (κ1) is 13.1. The SMILES string of the molecule is NC(=O)c1ccc(F)c(CNCCC(=O)O)c1. The lowest BCUT2D eigenvalue weighted by Crippen LogP contribution is -2.19. The van der Waals surface area contributed by atoms with E-state index in [1.165, 1.54) is 12.1 Å². The highest BCUT2D eigenvalue weighted by atomic mass is 19.1. The number of carbonyl (C=O) groups is 2. The monoisotopic (exact) mass is 240 g/mol. The van der Waals surface area contributed by atoms with Crippen LogP contribution in [0.2, 0.25) is 0 Å². The number of hydrogen-bond acceptors (Lipinski definition) is 3. The van der Waals surface area contributed by atoms with Crippen molar-refractivity contribution in [2.24, 2.45) is 5.73 Å². The molecule has 17 heavy (non-hydrogen) atoms. The van der Waals surface area contributed by atoms with Crippen molar-refractivity contribution in [2.45, 2.75) is 13.0 Å². The van der Waals surface area contributed by atoms with Gasteiger partial charge in [-0.1, -0.05) is 0 Å². The van der Waals surface area contributed by atoms with E-state index in [1.54, 1.807) is 0 Å². The number of nitrogens with two attached hydrogens (primary N) is 1. The van der Waals surface area contributed by atoms with Crippen molar-refractivity contribution in [2.75, 3.05) is 6.54 Å². The molecule has 0 saturated heterocycles. The van der Waals surface area contributed by atoms with Gasteiger partial charge in [0.1, 0.15) is 5.82 Å². The van der Waals surface area contributed by atoms with Gasteiger partial charge in [-0.15, -0.1) is 0 Å². The highest BCUT2D eigenvalue weighted by Gasteiger charge is 2.07. The molecule has 0 aliphatic carbocycles. The van der Waals surface area contributed by atoms with Crippen LogP contribution in [0.5, 0.6) is 0 Å². The van der Waals surface area contributed by atoms with E-state index in [-0.39, 0.29) is 30.6 Å². The Hall–Kier alpha value is -1.95. The van der Waals surface area contributed by atoms with Gasteiger partial charge in [-0.05, 0) is 18.2 Å². The smallest absolute Gasteiger partial charge is 0.304 e. The molecule has 1 aromatic rings. The van der Waals surface area contributed by atoms with Crippen LogP contribution >= 0.6 is 0 Å². The van der Waals surface area contributed by atoms with Gasteiger partial charge in [0.15, 0.2) is 0 Å². The molecule has 1 rings (SSSR count). The van der Waals surface area contributed by atoms with Crippen molar-refractivity contribution in [1.29, 1.82) is 0 Å². The summed E-state index contributed by atoms with van der Waals surface area (Å²) in [6.07, 6.45) is -0.0445. The molecular weight excluding hydrogens is 227 g/mol. The van der Waals surface area contributed by atoms with E-state index in [0.29, 0.717) is 0 Å². The van der Waals surface area contributed by atoms with Crippen molar-refractivity contribution in [3.63, 3.8) is 0 Å². The van der Waals surface area contributed by atoms with Gasteiger partial charge in [-0.25, -0.2) is 4.39 Å². The number of halogens is 1. The Morgan fingerprint density at radius 3 is 2.71 bits per heavy atom. The molecule has 1 aromatic carbocycles. The van der Waals surface area contributed by atoms with Crippen LogP contribution in [-0.4, -0.2) is 23.5 Å². The fraction of sp³-hybridized carbons (Fsp3) is 0.273. The Balaban J connectivity index is 2.60. The summed E-state index contributed by atoms with van der Waals surface area (Å²) in [6, 6.07) is 3.82. The van der Waals surface area contributed by atoms with Crippen LogP contribution in [0.25, 0.3) is 0 Å². The van der Waals surface area contributed by atoms with Crippen LogP contribution in [-0.2, 0) is 11.3 Å². The van der Waals surface area contributed by atoms with Gasteiger partial charge in [0.05, 0.1) is 6.42 Å². The summed E-state index contributed by atoms with van der Waals surface area (Å²) in [5.41, 5.74) is 5.58. The molecule has 0 radical (unpaired) electrons. The Morgan fingerprint density at radius 2 is 2.12 bits per heavy atom. The van der Waals surface area contributed by atoms with Gasteiger partial charge in [0.2, 0.25) is 5.91 Å². The Bertz CT molecular complexity index is 435. The molecule has 0 fully saturated rings. The van der Waals surface area contributed by atoms with Crippen LogP contribution in [0, 0.1) is 5.82 Å². The highest BCUT2D eigenvalue weighted by Crippen LogP contribution is 2.10. The summed E-state index contributed by atoms with van der Waals surface area (Å²) in [4.78, 5) is 21.1. The number of carboxylic acid groups (broad SMARTS) is 1. The molecule has 92 valence electrons. The minimum Gasteiger partial charge on any atom is -0.481 e.